The number of benzene rings is 2. The normalized spacial score (nSPS) is 21.8. The molecule has 2 unspecified atom stereocenters. The van der Waals surface area contributed by atoms with Gasteiger partial charge in [0, 0.05) is 11.8 Å². The number of fused-ring (bicyclic) bond motifs is 3. The lowest BCUT2D eigenvalue weighted by Gasteiger charge is -2.39. The Balaban J connectivity index is 1.38. The van der Waals surface area contributed by atoms with Crippen LogP contribution in [0, 0.1) is 11.8 Å². The second-order valence-corrected chi connectivity index (χ2v) is 10.7. The first-order chi connectivity index (χ1) is 20.5. The quantitative estimate of drug-likeness (QED) is 0.162. The molecule has 0 spiro atoms. The number of hydrogen-bond donors (Lipinski definition) is 5. The number of hydrogen-bond acceptors (Lipinski definition) is 11. The number of phenolic OH excluding ortho intramolecular Hbond substituents is 1. The summed E-state index contributed by atoms with van der Waals surface area (Å²) in [6.45, 7) is 3.63. The molecule has 42 heavy (non-hydrogen) atoms. The molecule has 1 saturated heterocycles. The standard InChI is InChI=1S/C30H40N4O8/c1-38-23-10-17(11-24(39-2)29(23)36)26-18-12-21-22(42-16-41-21)13-19(18)28(20-15-40-30(37)27(20)26)34-25(35)14-33-8-4-3-7-32-9-5-6-31/h10-13,20,26-28,32-33,36H,3-9,14-16,31H2,1-2H3,(H,34,35)/t20-,26?,27?,28+/m0/s1. The molecule has 0 bridgehead atoms. The minimum atomic E-state index is -0.596. The van der Waals surface area contributed by atoms with Crippen LogP contribution in [-0.2, 0) is 14.3 Å². The van der Waals surface area contributed by atoms with Gasteiger partial charge in [-0.05, 0) is 86.4 Å². The van der Waals surface area contributed by atoms with Crippen molar-refractivity contribution >= 4 is 11.9 Å². The maximum Gasteiger partial charge on any atom is 0.310 e. The Kier molecular flexibility index (Phi) is 9.55. The second-order valence-electron chi connectivity index (χ2n) is 10.7. The molecule has 0 radical (unpaired) electrons. The third-order valence-electron chi connectivity index (χ3n) is 8.17. The van der Waals surface area contributed by atoms with Crippen LogP contribution in [0.5, 0.6) is 28.7 Å². The lowest BCUT2D eigenvalue weighted by molar-refractivity contribution is -0.141. The van der Waals surface area contributed by atoms with E-state index in [-0.39, 0.29) is 55.0 Å². The van der Waals surface area contributed by atoms with Crippen LogP contribution in [0.2, 0.25) is 0 Å². The number of phenols is 1. The zero-order chi connectivity index (χ0) is 29.6. The van der Waals surface area contributed by atoms with Crippen molar-refractivity contribution in [3.05, 3.63) is 41.0 Å². The van der Waals surface area contributed by atoms with E-state index in [1.165, 1.54) is 14.2 Å². The zero-order valence-electron chi connectivity index (χ0n) is 24.1. The highest BCUT2D eigenvalue weighted by molar-refractivity contribution is 5.81. The number of nitrogens with one attached hydrogen (secondary N) is 3. The summed E-state index contributed by atoms with van der Waals surface area (Å²) in [5, 5.41) is 20.3. The van der Waals surface area contributed by atoms with Crippen molar-refractivity contribution in [2.45, 2.75) is 31.2 Å². The molecule has 2 aromatic carbocycles. The summed E-state index contributed by atoms with van der Waals surface area (Å²) >= 11 is 0. The Morgan fingerprint density at radius 2 is 1.60 bits per heavy atom. The van der Waals surface area contributed by atoms with Gasteiger partial charge in [-0.3, -0.25) is 9.59 Å². The average Bonchev–Trinajstić information content (AvgIpc) is 3.62. The summed E-state index contributed by atoms with van der Waals surface area (Å²) in [5.74, 6) is -0.457. The first kappa shape index (κ1) is 29.7. The molecule has 0 aromatic heterocycles. The zero-order valence-corrected chi connectivity index (χ0v) is 24.1. The van der Waals surface area contributed by atoms with Gasteiger partial charge in [0.2, 0.25) is 18.4 Å². The van der Waals surface area contributed by atoms with Crippen molar-refractivity contribution in [3.63, 3.8) is 0 Å². The van der Waals surface area contributed by atoms with Gasteiger partial charge in [-0.1, -0.05) is 0 Å². The molecule has 228 valence electrons. The van der Waals surface area contributed by atoms with E-state index in [4.69, 9.17) is 29.4 Å². The molecule has 2 aliphatic heterocycles. The number of unbranched alkanes of at least 4 members (excludes halogenated alkanes) is 1. The van der Waals surface area contributed by atoms with E-state index in [1.54, 1.807) is 12.1 Å². The molecule has 12 nitrogen and oxygen atoms in total. The number of ether oxygens (including phenoxy) is 5. The van der Waals surface area contributed by atoms with Crippen LogP contribution in [0.1, 0.15) is 47.9 Å². The Bertz CT molecular complexity index is 1260. The molecule has 5 rings (SSSR count). The van der Waals surface area contributed by atoms with Gasteiger partial charge in [-0.25, -0.2) is 0 Å². The highest BCUT2D eigenvalue weighted by atomic mass is 16.7. The number of amides is 1. The first-order valence-electron chi connectivity index (χ1n) is 14.4. The number of carbonyl (C=O) groups excluding carboxylic acids is 2. The topological polar surface area (TPSA) is 163 Å². The van der Waals surface area contributed by atoms with Crippen molar-refractivity contribution in [2.24, 2.45) is 17.6 Å². The summed E-state index contributed by atoms with van der Waals surface area (Å²) in [4.78, 5) is 26.4. The number of nitrogens with two attached hydrogens (primary N) is 1. The highest BCUT2D eigenvalue weighted by Gasteiger charge is 2.53. The molecular weight excluding hydrogens is 544 g/mol. The molecule has 4 atom stereocenters. The molecular formula is C30H40N4O8. The summed E-state index contributed by atoms with van der Waals surface area (Å²) in [6.07, 6.45) is 2.90. The number of aromatic hydroxyl groups is 1. The Morgan fingerprint density at radius 3 is 2.26 bits per heavy atom. The minimum Gasteiger partial charge on any atom is -0.502 e. The largest absolute Gasteiger partial charge is 0.502 e. The van der Waals surface area contributed by atoms with Crippen molar-refractivity contribution in [2.75, 3.05) is 60.3 Å². The summed E-state index contributed by atoms with van der Waals surface area (Å²) in [5.41, 5.74) is 7.84. The van der Waals surface area contributed by atoms with Crippen molar-refractivity contribution < 1.29 is 38.4 Å². The summed E-state index contributed by atoms with van der Waals surface area (Å²) in [7, 11) is 2.91. The molecule has 3 aliphatic rings. The van der Waals surface area contributed by atoms with E-state index in [2.05, 4.69) is 16.0 Å². The highest BCUT2D eigenvalue weighted by Crippen LogP contribution is 2.55. The van der Waals surface area contributed by atoms with Crippen LogP contribution < -0.4 is 40.6 Å². The van der Waals surface area contributed by atoms with E-state index in [1.807, 2.05) is 12.1 Å². The smallest absolute Gasteiger partial charge is 0.310 e. The SMILES string of the molecule is COc1cc(C2c3cc4c(cc3[C@@H](NC(=O)CNCCCCNCCCN)[C@H]3COC(=O)C23)OCO4)cc(OC)c1O. The van der Waals surface area contributed by atoms with E-state index in [0.717, 1.165) is 43.5 Å². The van der Waals surface area contributed by atoms with E-state index < -0.39 is 17.9 Å². The average molecular weight is 585 g/mol. The lowest BCUT2D eigenvalue weighted by Crippen LogP contribution is -2.45. The lowest BCUT2D eigenvalue weighted by atomic mass is 9.65. The molecule has 2 heterocycles. The fourth-order valence-corrected chi connectivity index (χ4v) is 6.12. The fourth-order valence-electron chi connectivity index (χ4n) is 6.12. The predicted octanol–water partition coefficient (Wildman–Crippen LogP) is 1.54. The number of cyclic esters (lactones) is 1. The van der Waals surface area contributed by atoms with Gasteiger partial charge < -0.3 is 50.5 Å². The number of methoxy groups -OCH3 is 2. The van der Waals surface area contributed by atoms with Gasteiger partial charge in [0.15, 0.2) is 23.0 Å². The third-order valence-corrected chi connectivity index (χ3v) is 8.17. The number of rotatable bonds is 14. The summed E-state index contributed by atoms with van der Waals surface area (Å²) in [6, 6.07) is 6.68. The molecule has 1 amide bonds. The monoisotopic (exact) mass is 584 g/mol. The van der Waals surface area contributed by atoms with E-state index in [0.29, 0.717) is 30.2 Å². The van der Waals surface area contributed by atoms with Crippen LogP contribution in [0.15, 0.2) is 24.3 Å². The van der Waals surface area contributed by atoms with Crippen LogP contribution in [0.25, 0.3) is 0 Å². The molecule has 1 fully saturated rings. The number of carbonyl (C=O) groups is 2. The minimum absolute atomic E-state index is 0.0854. The van der Waals surface area contributed by atoms with E-state index >= 15 is 0 Å². The van der Waals surface area contributed by atoms with E-state index in [9.17, 15) is 14.7 Å². The molecule has 2 aromatic rings. The van der Waals surface area contributed by atoms with Gasteiger partial charge in [-0.15, -0.1) is 0 Å². The number of esters is 1. The Hall–Kier alpha value is -3.74. The van der Waals surface area contributed by atoms with Gasteiger partial charge >= 0.3 is 5.97 Å². The Labute approximate surface area is 245 Å². The van der Waals surface area contributed by atoms with Gasteiger partial charge in [0.05, 0.1) is 39.3 Å². The van der Waals surface area contributed by atoms with Crippen LogP contribution in [0.3, 0.4) is 0 Å². The van der Waals surface area contributed by atoms with Crippen molar-refractivity contribution in [1.82, 2.24) is 16.0 Å². The fraction of sp³-hybridized carbons (Fsp3) is 0.533. The maximum atomic E-state index is 13.3. The Morgan fingerprint density at radius 1 is 0.952 bits per heavy atom. The van der Waals surface area contributed by atoms with Crippen molar-refractivity contribution in [3.8, 4) is 28.7 Å². The van der Waals surface area contributed by atoms with Crippen LogP contribution in [0.4, 0.5) is 0 Å². The predicted molar refractivity (Wildman–Crippen MR) is 153 cm³/mol. The summed E-state index contributed by atoms with van der Waals surface area (Å²) < 4.78 is 27.8. The molecule has 1 aliphatic carbocycles. The first-order valence-corrected chi connectivity index (χ1v) is 14.4. The van der Waals surface area contributed by atoms with Gasteiger partial charge in [-0.2, -0.15) is 0 Å². The second kappa shape index (κ2) is 13.5. The van der Waals surface area contributed by atoms with Gasteiger partial charge in [0.25, 0.3) is 0 Å². The van der Waals surface area contributed by atoms with Crippen LogP contribution >= 0.6 is 0 Å². The molecule has 12 heteroatoms. The molecule has 0 saturated carbocycles. The molecule has 6 N–H and O–H groups in total. The van der Waals surface area contributed by atoms with Crippen molar-refractivity contribution in [1.29, 1.82) is 0 Å². The van der Waals surface area contributed by atoms with Crippen LogP contribution in [-0.4, -0.2) is 77.3 Å². The maximum absolute atomic E-state index is 13.3. The van der Waals surface area contributed by atoms with Gasteiger partial charge in [0.1, 0.15) is 0 Å². The third kappa shape index (κ3) is 6.06.